The van der Waals surface area contributed by atoms with Gasteiger partial charge in [0.05, 0.1) is 24.1 Å². The summed E-state index contributed by atoms with van der Waals surface area (Å²) < 4.78 is 27.6. The molecule has 234 valence electrons. The smallest absolute Gasteiger partial charge is 0.260 e. The molecule has 3 unspecified atom stereocenters. The summed E-state index contributed by atoms with van der Waals surface area (Å²) in [5, 5.41) is 47.6. The number of alkyl halides is 2. The first-order chi connectivity index (χ1) is 19.3. The van der Waals surface area contributed by atoms with Gasteiger partial charge in [0, 0.05) is 56.3 Å². The summed E-state index contributed by atoms with van der Waals surface area (Å²) in [4.78, 5) is 42.9. The van der Waals surface area contributed by atoms with Gasteiger partial charge in [-0.05, 0) is 58.3 Å². The van der Waals surface area contributed by atoms with Crippen LogP contribution in [0.1, 0.15) is 43.9 Å². The molecular weight excluding hydrogens is 554 g/mol. The van der Waals surface area contributed by atoms with Crippen molar-refractivity contribution in [3.63, 3.8) is 0 Å². The maximum absolute atomic E-state index is 14.1. The van der Waals surface area contributed by atoms with Gasteiger partial charge >= 0.3 is 0 Å². The lowest BCUT2D eigenvalue weighted by molar-refractivity contribution is -0.166. The number of Topliss-reactive ketones (excluding diaryl/α,β-unsaturated/α-hetero) is 2. The second kappa shape index (κ2) is 11.9. The fourth-order valence-electron chi connectivity index (χ4n) is 6.05. The quantitative estimate of drug-likeness (QED) is 0.202. The van der Waals surface area contributed by atoms with Crippen molar-refractivity contribution in [2.45, 2.75) is 63.8 Å². The number of phenolic OH excluding ortho intramolecular Hbond substituents is 1. The number of carbonyl (C=O) groups excluding carboxylic acids is 3. The van der Waals surface area contributed by atoms with Crippen LogP contribution in [0.3, 0.4) is 0 Å². The number of nitrogens with zero attached hydrogens (tertiary/aromatic N) is 2. The summed E-state index contributed by atoms with van der Waals surface area (Å²) >= 11 is 0. The Balaban J connectivity index is 2.26. The lowest BCUT2D eigenvalue weighted by Gasteiger charge is -2.48. The molecule has 0 spiro atoms. The van der Waals surface area contributed by atoms with Crippen LogP contribution in [-0.2, 0) is 27.3 Å². The third kappa shape index (κ3) is 5.62. The van der Waals surface area contributed by atoms with Crippen molar-refractivity contribution in [2.75, 3.05) is 39.7 Å². The summed E-state index contributed by atoms with van der Waals surface area (Å²) in [6.45, 7) is 2.52. The van der Waals surface area contributed by atoms with Crippen LogP contribution in [0.5, 0.6) is 5.75 Å². The number of ketones is 2. The molecule has 1 amide bonds. The minimum Gasteiger partial charge on any atom is -0.507 e. The first-order valence-corrected chi connectivity index (χ1v) is 13.8. The van der Waals surface area contributed by atoms with Crippen molar-refractivity contribution >= 4 is 28.9 Å². The predicted octanol–water partition coefficient (Wildman–Crippen LogP) is 0.966. The number of nitrogens with one attached hydrogen (secondary N) is 1. The Morgan fingerprint density at radius 2 is 1.81 bits per heavy atom. The second-order valence-corrected chi connectivity index (χ2v) is 12.0. The zero-order valence-corrected chi connectivity index (χ0v) is 25.0. The molecule has 2 aliphatic rings. The number of hydrogen-bond donors (Lipinski definition) is 6. The zero-order valence-electron chi connectivity index (χ0n) is 25.0. The van der Waals surface area contributed by atoms with Crippen molar-refractivity contribution in [1.82, 2.24) is 10.2 Å². The monoisotopic (exact) mass is 596 g/mol. The molecule has 0 radical (unpaired) electrons. The number of likely N-dealkylation sites (N-methyl/N-ethyl adjacent to an activating group) is 1. The molecule has 0 aliphatic heterocycles. The van der Waals surface area contributed by atoms with Crippen LogP contribution >= 0.6 is 0 Å². The van der Waals surface area contributed by atoms with Gasteiger partial charge in [-0.3, -0.25) is 14.4 Å². The number of primary amides is 1. The summed E-state index contributed by atoms with van der Waals surface area (Å²) in [5.74, 6) is -10.9. The third-order valence-electron chi connectivity index (χ3n) is 8.83. The van der Waals surface area contributed by atoms with Crippen LogP contribution in [0.15, 0.2) is 11.6 Å². The number of benzene rings is 1. The van der Waals surface area contributed by atoms with E-state index in [9.17, 15) is 43.6 Å². The number of amides is 1. The molecule has 13 heteroatoms. The summed E-state index contributed by atoms with van der Waals surface area (Å²) in [6.07, 6.45) is 0.0954. The minimum atomic E-state index is -3.05. The van der Waals surface area contributed by atoms with Gasteiger partial charge in [0.1, 0.15) is 11.5 Å². The molecule has 1 saturated carbocycles. The van der Waals surface area contributed by atoms with Crippen LogP contribution in [0.4, 0.5) is 14.5 Å². The van der Waals surface area contributed by atoms with E-state index in [-0.39, 0.29) is 36.1 Å². The molecule has 11 nitrogen and oxygen atoms in total. The predicted molar refractivity (Wildman–Crippen MR) is 152 cm³/mol. The fraction of sp³-hybridized carbons (Fsp3) is 0.621. The van der Waals surface area contributed by atoms with E-state index in [0.717, 1.165) is 6.92 Å². The number of hydrogen-bond acceptors (Lipinski definition) is 10. The van der Waals surface area contributed by atoms with Crippen molar-refractivity contribution in [2.24, 2.45) is 23.5 Å². The van der Waals surface area contributed by atoms with Crippen molar-refractivity contribution in [3.8, 4) is 5.75 Å². The maximum atomic E-state index is 14.1. The first kappa shape index (κ1) is 33.4. The van der Waals surface area contributed by atoms with E-state index < -0.39 is 77.0 Å². The Bertz CT molecular complexity index is 1290. The number of phenols is 1. The molecule has 3 rings (SSSR count). The van der Waals surface area contributed by atoms with Crippen LogP contribution in [0, 0.1) is 17.8 Å². The molecule has 1 aromatic carbocycles. The fourth-order valence-corrected chi connectivity index (χ4v) is 6.05. The highest BCUT2D eigenvalue weighted by atomic mass is 19.3. The first-order valence-electron chi connectivity index (χ1n) is 13.8. The van der Waals surface area contributed by atoms with Crippen LogP contribution in [0.2, 0.25) is 0 Å². The molecule has 1 aromatic rings. The molecule has 1 fully saturated rings. The van der Waals surface area contributed by atoms with Crippen molar-refractivity contribution < 1.29 is 43.6 Å². The lowest BCUT2D eigenvalue weighted by atomic mass is 9.59. The van der Waals surface area contributed by atoms with Gasteiger partial charge in [0.15, 0.2) is 11.4 Å². The number of anilines is 1. The molecular formula is C29H42F2N4O7. The lowest BCUT2D eigenvalue weighted by Crippen LogP contribution is -2.65. The Labute approximate surface area is 244 Å². The number of carbonyl (C=O) groups is 3. The standard InChI is InChI=1S/C29H42F2N4O7/c1-13(27(32)41)25(39)29(42)18(20(12-36)35(6)7)9-15-8-17-19(34(4)5)10-16(11-33-14(2)28(3,30)31)23(37)22(17)24(38)21(15)26(29)40/h10,13-15,18,20,33,36-38,42H,8-9,11-12H2,1-7H3,(H2,32,41)/t13?,14?,15-,18-,20?,29+/m0/s1. The molecule has 7 N–H and O–H groups in total. The maximum Gasteiger partial charge on any atom is 0.260 e. The molecule has 0 bridgehead atoms. The number of nitrogens with two attached hydrogens (primary N) is 1. The van der Waals surface area contributed by atoms with E-state index in [4.69, 9.17) is 5.73 Å². The third-order valence-corrected chi connectivity index (χ3v) is 8.83. The molecule has 2 aliphatic carbocycles. The summed E-state index contributed by atoms with van der Waals surface area (Å²) in [5.41, 5.74) is 3.38. The number of aliphatic hydroxyl groups excluding tert-OH is 2. The van der Waals surface area contributed by atoms with Crippen molar-refractivity contribution in [3.05, 3.63) is 28.3 Å². The van der Waals surface area contributed by atoms with E-state index in [0.29, 0.717) is 11.3 Å². The molecule has 0 heterocycles. The van der Waals surface area contributed by atoms with E-state index in [1.807, 2.05) is 0 Å². The SMILES string of the molecule is CC(C(N)=O)C(=O)[C@@]1(O)C(=O)C2=C(O)c3c(O)c(CNC(C)C(C)(F)F)cc(N(C)C)c3C[C@H]2C[C@H]1C(CO)N(C)C. The van der Waals surface area contributed by atoms with Gasteiger partial charge in [0.25, 0.3) is 5.92 Å². The normalized spacial score (nSPS) is 24.6. The number of aliphatic hydroxyl groups is 3. The van der Waals surface area contributed by atoms with Gasteiger partial charge in [-0.15, -0.1) is 0 Å². The highest BCUT2D eigenvalue weighted by Gasteiger charge is 2.61. The Morgan fingerprint density at radius 3 is 2.29 bits per heavy atom. The van der Waals surface area contributed by atoms with E-state index in [2.05, 4.69) is 5.32 Å². The molecule has 0 aromatic heterocycles. The second-order valence-electron chi connectivity index (χ2n) is 12.0. The Hall–Kier alpha value is -3.13. The zero-order chi connectivity index (χ0) is 32.1. The largest absolute Gasteiger partial charge is 0.507 e. The summed E-state index contributed by atoms with van der Waals surface area (Å²) in [7, 11) is 6.68. The topological polar surface area (TPSA) is 177 Å². The van der Waals surface area contributed by atoms with Gasteiger partial charge in [-0.25, -0.2) is 8.78 Å². The molecule has 42 heavy (non-hydrogen) atoms. The van der Waals surface area contributed by atoms with Crippen LogP contribution in [0.25, 0.3) is 5.76 Å². The number of halogens is 2. The number of fused-ring (bicyclic) bond motifs is 2. The Morgan fingerprint density at radius 1 is 1.21 bits per heavy atom. The van der Waals surface area contributed by atoms with Crippen LogP contribution < -0.4 is 16.0 Å². The Kier molecular flexibility index (Phi) is 9.43. The van der Waals surface area contributed by atoms with Gasteiger partial charge in [0.2, 0.25) is 11.7 Å². The number of rotatable bonds is 11. The molecule has 0 saturated heterocycles. The number of aromatic hydroxyl groups is 1. The average molecular weight is 597 g/mol. The van der Waals surface area contributed by atoms with Gasteiger partial charge in [-0.1, -0.05) is 0 Å². The van der Waals surface area contributed by atoms with Crippen LogP contribution in [-0.4, -0.2) is 101 Å². The van der Waals surface area contributed by atoms with E-state index in [1.54, 1.807) is 44.1 Å². The highest BCUT2D eigenvalue weighted by molar-refractivity contribution is 6.24. The minimum absolute atomic E-state index is 0.0261. The van der Waals surface area contributed by atoms with E-state index >= 15 is 0 Å². The highest BCUT2D eigenvalue weighted by Crippen LogP contribution is 2.51. The summed E-state index contributed by atoms with van der Waals surface area (Å²) in [6, 6.07) is -0.498. The average Bonchev–Trinajstić information content (AvgIpc) is 2.88. The van der Waals surface area contributed by atoms with E-state index in [1.165, 1.54) is 13.8 Å². The van der Waals surface area contributed by atoms with Crippen molar-refractivity contribution in [1.29, 1.82) is 0 Å². The molecule has 6 atom stereocenters. The van der Waals surface area contributed by atoms with Gasteiger partial charge < -0.3 is 41.3 Å². The van der Waals surface area contributed by atoms with Gasteiger partial charge in [-0.2, -0.15) is 0 Å².